The topological polar surface area (TPSA) is 55.1 Å². The molecule has 0 aliphatic heterocycles. The molecule has 2 aliphatic carbocycles. The number of amides is 1. The smallest absolute Gasteiger partial charge is 0.234 e. The van der Waals surface area contributed by atoms with Gasteiger partial charge in [0.05, 0.1) is 6.04 Å². The molecule has 0 aromatic carbocycles. The summed E-state index contributed by atoms with van der Waals surface area (Å²) < 4.78 is 0. The molecule has 2 rings (SSSR count). The quantitative estimate of drug-likeness (QED) is 0.634. The van der Waals surface area contributed by atoms with Gasteiger partial charge in [0.25, 0.3) is 0 Å². The van der Waals surface area contributed by atoms with E-state index >= 15 is 0 Å². The number of carbonyl (C=O) groups excluding carboxylic acids is 1. The Balaban J connectivity index is 1.82. The van der Waals surface area contributed by atoms with Gasteiger partial charge in [0.1, 0.15) is 0 Å². The highest BCUT2D eigenvalue weighted by Crippen LogP contribution is 2.51. The van der Waals surface area contributed by atoms with Crippen LogP contribution in [0.25, 0.3) is 0 Å². The molecular weight excluding hydrogens is 152 g/mol. The lowest BCUT2D eigenvalue weighted by Gasteiger charge is -2.17. The lowest BCUT2D eigenvalue weighted by Crippen LogP contribution is -2.44. The Kier molecular flexibility index (Phi) is 1.83. The molecule has 0 heterocycles. The average Bonchev–Trinajstić information content (AvgIpc) is 2.70. The fraction of sp³-hybridized carbons (Fsp3) is 0.889. The Bertz CT molecular complexity index is 205. The first kappa shape index (κ1) is 8.05. The van der Waals surface area contributed by atoms with Crippen molar-refractivity contribution < 1.29 is 4.79 Å². The predicted molar refractivity (Wildman–Crippen MR) is 46.4 cm³/mol. The van der Waals surface area contributed by atoms with Gasteiger partial charge in [-0.2, -0.15) is 0 Å². The van der Waals surface area contributed by atoms with Gasteiger partial charge in [0.2, 0.25) is 5.91 Å². The van der Waals surface area contributed by atoms with Gasteiger partial charge in [-0.1, -0.05) is 0 Å². The van der Waals surface area contributed by atoms with Crippen molar-refractivity contribution in [1.82, 2.24) is 5.32 Å². The van der Waals surface area contributed by atoms with Gasteiger partial charge in [0, 0.05) is 6.04 Å². The SMILES string of the molecule is CC(NC1CCC2CC21)C(N)=O. The van der Waals surface area contributed by atoms with E-state index in [-0.39, 0.29) is 11.9 Å². The van der Waals surface area contributed by atoms with Crippen molar-refractivity contribution in [3.63, 3.8) is 0 Å². The first-order valence-electron chi connectivity index (χ1n) is 4.74. The minimum Gasteiger partial charge on any atom is -0.368 e. The molecule has 3 N–H and O–H groups in total. The van der Waals surface area contributed by atoms with E-state index < -0.39 is 0 Å². The fourth-order valence-corrected chi connectivity index (χ4v) is 2.31. The first-order valence-corrected chi connectivity index (χ1v) is 4.74. The third-order valence-electron chi connectivity index (χ3n) is 3.23. The van der Waals surface area contributed by atoms with Crippen LogP contribution in [-0.4, -0.2) is 18.0 Å². The summed E-state index contributed by atoms with van der Waals surface area (Å²) in [5.74, 6) is 1.58. The van der Waals surface area contributed by atoms with Crippen LogP contribution in [-0.2, 0) is 4.79 Å². The largest absolute Gasteiger partial charge is 0.368 e. The van der Waals surface area contributed by atoms with Crippen LogP contribution in [0.5, 0.6) is 0 Å². The van der Waals surface area contributed by atoms with Gasteiger partial charge in [-0.05, 0) is 38.0 Å². The van der Waals surface area contributed by atoms with Gasteiger partial charge in [0.15, 0.2) is 0 Å². The van der Waals surface area contributed by atoms with Crippen molar-refractivity contribution in [2.24, 2.45) is 17.6 Å². The summed E-state index contributed by atoms with van der Waals surface area (Å²) in [4.78, 5) is 10.8. The van der Waals surface area contributed by atoms with E-state index in [0.717, 1.165) is 11.8 Å². The minimum absolute atomic E-state index is 0.158. The van der Waals surface area contributed by atoms with Gasteiger partial charge in [-0.25, -0.2) is 0 Å². The van der Waals surface area contributed by atoms with Crippen LogP contribution in [0.2, 0.25) is 0 Å². The molecule has 4 atom stereocenters. The lowest BCUT2D eigenvalue weighted by molar-refractivity contribution is -0.119. The van der Waals surface area contributed by atoms with Gasteiger partial charge in [-0.3, -0.25) is 4.79 Å². The van der Waals surface area contributed by atoms with E-state index in [1.165, 1.54) is 19.3 Å². The van der Waals surface area contributed by atoms with E-state index in [1.807, 2.05) is 6.92 Å². The highest BCUT2D eigenvalue weighted by Gasteiger charge is 2.48. The Morgan fingerprint density at radius 1 is 1.58 bits per heavy atom. The number of fused-ring (bicyclic) bond motifs is 1. The summed E-state index contributed by atoms with van der Waals surface area (Å²) in [5.41, 5.74) is 5.17. The lowest BCUT2D eigenvalue weighted by atomic mass is 10.1. The molecule has 0 aromatic rings. The monoisotopic (exact) mass is 168 g/mol. The minimum atomic E-state index is -0.237. The summed E-state index contributed by atoms with van der Waals surface area (Å²) in [6.45, 7) is 1.85. The zero-order valence-corrected chi connectivity index (χ0v) is 7.42. The molecule has 1 amide bonds. The van der Waals surface area contributed by atoms with E-state index in [0.29, 0.717) is 6.04 Å². The standard InChI is InChI=1S/C9H16N2O/c1-5(9(10)12)11-8-3-2-6-4-7(6)8/h5-8,11H,2-4H2,1H3,(H2,10,12). The van der Waals surface area contributed by atoms with Crippen molar-refractivity contribution in [2.45, 2.75) is 38.3 Å². The van der Waals surface area contributed by atoms with E-state index in [2.05, 4.69) is 5.32 Å². The fourth-order valence-electron chi connectivity index (χ4n) is 2.31. The molecule has 2 aliphatic rings. The van der Waals surface area contributed by atoms with Crippen LogP contribution in [0.15, 0.2) is 0 Å². The second-order valence-electron chi connectivity index (χ2n) is 4.13. The molecule has 3 nitrogen and oxygen atoms in total. The molecule has 2 saturated carbocycles. The molecule has 68 valence electrons. The van der Waals surface area contributed by atoms with Crippen molar-refractivity contribution in [1.29, 1.82) is 0 Å². The third kappa shape index (κ3) is 1.33. The number of nitrogens with two attached hydrogens (primary N) is 1. The van der Waals surface area contributed by atoms with Crippen LogP contribution in [0.1, 0.15) is 26.2 Å². The second kappa shape index (κ2) is 2.73. The number of hydrogen-bond acceptors (Lipinski definition) is 2. The normalized spacial score (nSPS) is 40.6. The summed E-state index contributed by atoms with van der Waals surface area (Å²) in [6.07, 6.45) is 3.93. The Morgan fingerprint density at radius 3 is 2.75 bits per heavy atom. The molecule has 0 saturated heterocycles. The number of carbonyl (C=O) groups is 1. The van der Waals surface area contributed by atoms with Crippen molar-refractivity contribution in [3.05, 3.63) is 0 Å². The molecule has 3 heteroatoms. The zero-order valence-electron chi connectivity index (χ0n) is 7.42. The molecule has 12 heavy (non-hydrogen) atoms. The molecule has 0 aromatic heterocycles. The van der Waals surface area contributed by atoms with Crippen LogP contribution in [0, 0.1) is 11.8 Å². The van der Waals surface area contributed by atoms with Crippen molar-refractivity contribution in [2.75, 3.05) is 0 Å². The predicted octanol–water partition coefficient (Wildman–Crippen LogP) is 0.248. The highest BCUT2D eigenvalue weighted by molar-refractivity contribution is 5.79. The molecular formula is C9H16N2O. The van der Waals surface area contributed by atoms with Gasteiger partial charge >= 0.3 is 0 Å². The van der Waals surface area contributed by atoms with E-state index in [9.17, 15) is 4.79 Å². The summed E-state index contributed by atoms with van der Waals surface area (Å²) in [7, 11) is 0. The molecule has 0 radical (unpaired) electrons. The van der Waals surface area contributed by atoms with Crippen LogP contribution >= 0.6 is 0 Å². The Morgan fingerprint density at radius 2 is 2.33 bits per heavy atom. The molecule has 4 unspecified atom stereocenters. The summed E-state index contributed by atoms with van der Waals surface area (Å²) in [5, 5.41) is 3.30. The maximum absolute atomic E-state index is 10.8. The number of hydrogen-bond donors (Lipinski definition) is 2. The highest BCUT2D eigenvalue weighted by atomic mass is 16.1. The maximum atomic E-state index is 10.8. The zero-order chi connectivity index (χ0) is 8.72. The third-order valence-corrected chi connectivity index (χ3v) is 3.23. The van der Waals surface area contributed by atoms with Crippen LogP contribution in [0.4, 0.5) is 0 Å². The van der Waals surface area contributed by atoms with E-state index in [1.54, 1.807) is 0 Å². The average molecular weight is 168 g/mol. The van der Waals surface area contributed by atoms with Crippen molar-refractivity contribution >= 4 is 5.91 Å². The maximum Gasteiger partial charge on any atom is 0.234 e. The van der Waals surface area contributed by atoms with Crippen molar-refractivity contribution in [3.8, 4) is 0 Å². The number of primary amides is 1. The van der Waals surface area contributed by atoms with Crippen LogP contribution < -0.4 is 11.1 Å². The summed E-state index contributed by atoms with van der Waals surface area (Å²) >= 11 is 0. The first-order chi connectivity index (χ1) is 5.68. The van der Waals surface area contributed by atoms with Crippen LogP contribution in [0.3, 0.4) is 0 Å². The molecule has 2 fully saturated rings. The molecule has 0 spiro atoms. The second-order valence-corrected chi connectivity index (χ2v) is 4.13. The Hall–Kier alpha value is -0.570. The number of nitrogens with one attached hydrogen (secondary N) is 1. The van der Waals surface area contributed by atoms with Gasteiger partial charge in [-0.15, -0.1) is 0 Å². The molecule has 0 bridgehead atoms. The number of rotatable bonds is 3. The van der Waals surface area contributed by atoms with Gasteiger partial charge < -0.3 is 11.1 Å². The summed E-state index contributed by atoms with van der Waals surface area (Å²) in [6, 6.07) is 0.409. The van der Waals surface area contributed by atoms with E-state index in [4.69, 9.17) is 5.73 Å². The Labute approximate surface area is 72.7 Å².